The third-order valence-electron chi connectivity index (χ3n) is 1.32. The number of nitrogens with one attached hydrogen (secondary N) is 2. The summed E-state index contributed by atoms with van der Waals surface area (Å²) < 4.78 is 5.15. The monoisotopic (exact) mass is 200 g/mol. The van der Waals surface area contributed by atoms with E-state index in [4.69, 9.17) is 4.74 Å². The lowest BCUT2D eigenvalue weighted by Crippen LogP contribution is -2.36. The molecule has 0 aromatic carbocycles. The average Bonchev–Trinajstić information content (AvgIpc) is 2.57. The Bertz CT molecular complexity index is 249. The molecular formula is C8H12N2O2S. The molecule has 0 spiro atoms. The SMILES string of the molecule is CNNC(=O)COCc1cccs1. The molecule has 5 heteroatoms. The van der Waals surface area contributed by atoms with Gasteiger partial charge in [-0.2, -0.15) is 0 Å². The summed E-state index contributed by atoms with van der Waals surface area (Å²) in [6.45, 7) is 0.577. The average molecular weight is 200 g/mol. The van der Waals surface area contributed by atoms with Crippen molar-refractivity contribution in [3.05, 3.63) is 22.4 Å². The molecule has 2 N–H and O–H groups in total. The summed E-state index contributed by atoms with van der Waals surface area (Å²) in [6, 6.07) is 3.93. The van der Waals surface area contributed by atoms with E-state index >= 15 is 0 Å². The summed E-state index contributed by atoms with van der Waals surface area (Å²) in [5.41, 5.74) is 4.95. The number of amides is 1. The summed E-state index contributed by atoms with van der Waals surface area (Å²) in [5.74, 6) is -0.168. The number of rotatable bonds is 5. The molecule has 0 atom stereocenters. The van der Waals surface area contributed by atoms with Crippen LogP contribution in [0.5, 0.6) is 0 Å². The van der Waals surface area contributed by atoms with Crippen molar-refractivity contribution in [3.63, 3.8) is 0 Å². The zero-order chi connectivity index (χ0) is 9.52. The van der Waals surface area contributed by atoms with Gasteiger partial charge in [-0.1, -0.05) is 6.07 Å². The fourth-order valence-electron chi connectivity index (χ4n) is 0.815. The maximum absolute atomic E-state index is 10.9. The first kappa shape index (κ1) is 10.2. The first-order chi connectivity index (χ1) is 6.33. The Labute approximate surface area is 80.9 Å². The number of thiophene rings is 1. The lowest BCUT2D eigenvalue weighted by molar-refractivity contribution is -0.126. The Morgan fingerprint density at radius 3 is 3.15 bits per heavy atom. The van der Waals surface area contributed by atoms with Crippen LogP contribution < -0.4 is 10.9 Å². The van der Waals surface area contributed by atoms with E-state index in [0.717, 1.165) is 4.88 Å². The standard InChI is InChI=1S/C8H12N2O2S/c1-9-10-8(11)6-12-5-7-3-2-4-13-7/h2-4,9H,5-6H2,1H3,(H,10,11). The summed E-state index contributed by atoms with van der Waals surface area (Å²) in [6.07, 6.45) is 0. The molecule has 0 aliphatic rings. The summed E-state index contributed by atoms with van der Waals surface area (Å²) >= 11 is 1.62. The van der Waals surface area contributed by atoms with Crippen LogP contribution in [-0.2, 0) is 16.1 Å². The quantitative estimate of drug-likeness (QED) is 0.681. The van der Waals surface area contributed by atoms with Crippen LogP contribution in [0.25, 0.3) is 0 Å². The fraction of sp³-hybridized carbons (Fsp3) is 0.375. The van der Waals surface area contributed by atoms with Gasteiger partial charge in [-0.25, -0.2) is 5.43 Å². The van der Waals surface area contributed by atoms with Crippen LogP contribution in [-0.4, -0.2) is 19.6 Å². The topological polar surface area (TPSA) is 50.4 Å². The minimum absolute atomic E-state index is 0.0821. The molecule has 0 saturated carbocycles. The number of hydrogen-bond acceptors (Lipinski definition) is 4. The van der Waals surface area contributed by atoms with E-state index in [1.54, 1.807) is 18.4 Å². The predicted octanol–water partition coefficient (Wildman–Crippen LogP) is 0.515. The minimum Gasteiger partial charge on any atom is -0.366 e. The van der Waals surface area contributed by atoms with Crippen LogP contribution in [0.2, 0.25) is 0 Å². The van der Waals surface area contributed by atoms with Crippen molar-refractivity contribution in [3.8, 4) is 0 Å². The highest BCUT2D eigenvalue weighted by Gasteiger charge is 1.99. The second-order valence-corrected chi connectivity index (χ2v) is 3.40. The summed E-state index contributed by atoms with van der Waals surface area (Å²) in [7, 11) is 1.64. The lowest BCUT2D eigenvalue weighted by atomic mass is 10.5. The van der Waals surface area contributed by atoms with E-state index < -0.39 is 0 Å². The van der Waals surface area contributed by atoms with Crippen LogP contribution in [0.4, 0.5) is 0 Å². The van der Waals surface area contributed by atoms with Crippen LogP contribution in [0.1, 0.15) is 4.88 Å². The molecule has 0 bridgehead atoms. The fourth-order valence-corrected chi connectivity index (χ4v) is 1.45. The van der Waals surface area contributed by atoms with Gasteiger partial charge in [0.25, 0.3) is 5.91 Å². The van der Waals surface area contributed by atoms with E-state index in [2.05, 4.69) is 10.9 Å². The molecule has 1 rings (SSSR count). The number of carbonyl (C=O) groups is 1. The van der Waals surface area contributed by atoms with Crippen molar-refractivity contribution in [1.29, 1.82) is 0 Å². The Kier molecular flexibility index (Phi) is 4.45. The van der Waals surface area contributed by atoms with Crippen LogP contribution in [0, 0.1) is 0 Å². The van der Waals surface area contributed by atoms with Crippen molar-refractivity contribution >= 4 is 17.2 Å². The Hall–Kier alpha value is -0.910. The number of hydrazine groups is 1. The number of carbonyl (C=O) groups excluding carboxylic acids is 1. The first-order valence-electron chi connectivity index (χ1n) is 3.88. The van der Waals surface area contributed by atoms with Gasteiger partial charge in [-0.3, -0.25) is 10.2 Å². The van der Waals surface area contributed by atoms with Gasteiger partial charge < -0.3 is 4.74 Å². The molecule has 1 aromatic heterocycles. The Morgan fingerprint density at radius 2 is 2.54 bits per heavy atom. The molecule has 1 amide bonds. The van der Waals surface area contributed by atoms with E-state index in [1.807, 2.05) is 17.5 Å². The molecule has 1 aromatic rings. The van der Waals surface area contributed by atoms with Crippen LogP contribution in [0.3, 0.4) is 0 Å². The zero-order valence-corrected chi connectivity index (χ0v) is 8.19. The van der Waals surface area contributed by atoms with Gasteiger partial charge in [-0.05, 0) is 11.4 Å². The highest BCUT2D eigenvalue weighted by molar-refractivity contribution is 7.09. The van der Waals surface area contributed by atoms with E-state index in [-0.39, 0.29) is 12.5 Å². The van der Waals surface area contributed by atoms with Gasteiger partial charge in [0.2, 0.25) is 0 Å². The summed E-state index contributed by atoms with van der Waals surface area (Å²) in [4.78, 5) is 12.0. The van der Waals surface area contributed by atoms with Gasteiger partial charge in [0, 0.05) is 11.9 Å². The van der Waals surface area contributed by atoms with Crippen LogP contribution >= 0.6 is 11.3 Å². The van der Waals surface area contributed by atoms with E-state index in [0.29, 0.717) is 6.61 Å². The van der Waals surface area contributed by atoms with Crippen molar-refractivity contribution < 1.29 is 9.53 Å². The van der Waals surface area contributed by atoms with Crippen molar-refractivity contribution in [1.82, 2.24) is 10.9 Å². The van der Waals surface area contributed by atoms with Gasteiger partial charge >= 0.3 is 0 Å². The molecule has 0 aliphatic carbocycles. The molecule has 1 heterocycles. The molecule has 72 valence electrons. The molecule has 0 fully saturated rings. The van der Waals surface area contributed by atoms with Crippen LogP contribution in [0.15, 0.2) is 17.5 Å². The Morgan fingerprint density at radius 1 is 1.69 bits per heavy atom. The molecule has 0 aliphatic heterocycles. The van der Waals surface area contributed by atoms with E-state index in [9.17, 15) is 4.79 Å². The van der Waals surface area contributed by atoms with Crippen molar-refractivity contribution in [2.45, 2.75) is 6.61 Å². The molecule has 0 saturated heterocycles. The largest absolute Gasteiger partial charge is 0.366 e. The molecule has 13 heavy (non-hydrogen) atoms. The first-order valence-corrected chi connectivity index (χ1v) is 4.76. The van der Waals surface area contributed by atoms with Crippen molar-refractivity contribution in [2.24, 2.45) is 0 Å². The maximum Gasteiger partial charge on any atom is 0.260 e. The maximum atomic E-state index is 10.9. The number of hydrogen-bond donors (Lipinski definition) is 2. The molecule has 0 radical (unpaired) electrons. The van der Waals surface area contributed by atoms with Gasteiger partial charge in [0.1, 0.15) is 6.61 Å². The second kappa shape index (κ2) is 5.69. The third-order valence-corrected chi connectivity index (χ3v) is 2.17. The summed E-state index contributed by atoms with van der Waals surface area (Å²) in [5, 5.41) is 1.98. The number of ether oxygens (including phenoxy) is 1. The van der Waals surface area contributed by atoms with Crippen molar-refractivity contribution in [2.75, 3.05) is 13.7 Å². The van der Waals surface area contributed by atoms with Gasteiger partial charge in [0.15, 0.2) is 0 Å². The van der Waals surface area contributed by atoms with E-state index in [1.165, 1.54) is 0 Å². The second-order valence-electron chi connectivity index (χ2n) is 2.37. The normalized spacial score (nSPS) is 9.92. The smallest absolute Gasteiger partial charge is 0.260 e. The molecule has 4 nitrogen and oxygen atoms in total. The zero-order valence-electron chi connectivity index (χ0n) is 7.37. The molecule has 0 unspecified atom stereocenters. The lowest BCUT2D eigenvalue weighted by Gasteiger charge is -2.02. The highest BCUT2D eigenvalue weighted by Crippen LogP contribution is 2.08. The van der Waals surface area contributed by atoms with Gasteiger partial charge in [-0.15, -0.1) is 11.3 Å². The third kappa shape index (κ3) is 4.02. The Balaban J connectivity index is 2.11. The van der Waals surface area contributed by atoms with Gasteiger partial charge in [0.05, 0.1) is 6.61 Å². The highest BCUT2D eigenvalue weighted by atomic mass is 32.1. The molecular weight excluding hydrogens is 188 g/mol. The minimum atomic E-state index is -0.168. The predicted molar refractivity (Wildman–Crippen MR) is 51.2 cm³/mol.